The maximum atomic E-state index is 13.2. The number of amides is 4. The van der Waals surface area contributed by atoms with E-state index in [1.807, 2.05) is 55.5 Å². The summed E-state index contributed by atoms with van der Waals surface area (Å²) in [5.74, 6) is -1.60. The Kier molecular flexibility index (Phi) is 5.81. The lowest BCUT2D eigenvalue weighted by Gasteiger charge is -2.36. The molecule has 1 saturated carbocycles. The van der Waals surface area contributed by atoms with Crippen LogP contribution < -0.4 is 10.2 Å². The van der Waals surface area contributed by atoms with Crippen LogP contribution in [0.5, 0.6) is 0 Å². The summed E-state index contributed by atoms with van der Waals surface area (Å²) in [6.07, 6.45) is 3.27. The first kappa shape index (κ1) is 22.5. The maximum absolute atomic E-state index is 13.2. The molecule has 2 heterocycles. The van der Waals surface area contributed by atoms with E-state index in [-0.39, 0.29) is 11.8 Å². The molecule has 3 aliphatic rings. The molecule has 2 fully saturated rings. The van der Waals surface area contributed by atoms with Crippen molar-refractivity contribution >= 4 is 47.0 Å². The molecule has 0 bridgehead atoms. The zero-order chi connectivity index (χ0) is 23.9. The molecular weight excluding hydrogens is 454 g/mol. The minimum Gasteiger partial charge on any atom is -0.454 e. The third-order valence-electron chi connectivity index (χ3n) is 6.83. The van der Waals surface area contributed by atoms with Crippen molar-refractivity contribution in [3.05, 3.63) is 48.5 Å². The van der Waals surface area contributed by atoms with Gasteiger partial charge in [-0.3, -0.25) is 24.2 Å². The molecule has 34 heavy (non-hydrogen) atoms. The van der Waals surface area contributed by atoms with E-state index in [2.05, 4.69) is 5.32 Å². The second-order valence-corrected chi connectivity index (χ2v) is 9.95. The van der Waals surface area contributed by atoms with Crippen molar-refractivity contribution in [3.63, 3.8) is 0 Å². The number of anilines is 2. The molecule has 1 aliphatic carbocycles. The number of rotatable bonds is 4. The molecule has 2 aromatic rings. The van der Waals surface area contributed by atoms with Crippen molar-refractivity contribution in [2.24, 2.45) is 5.92 Å². The first-order valence-corrected chi connectivity index (χ1v) is 12.2. The topological polar surface area (TPSA) is 96.0 Å². The Bertz CT molecular complexity index is 1140. The predicted molar refractivity (Wildman–Crippen MR) is 126 cm³/mol. The first-order valence-electron chi connectivity index (χ1n) is 11.4. The summed E-state index contributed by atoms with van der Waals surface area (Å²) >= 11 is 1.57. The van der Waals surface area contributed by atoms with Gasteiger partial charge in [0.15, 0.2) is 6.61 Å². The third-order valence-corrected chi connectivity index (χ3v) is 7.96. The van der Waals surface area contributed by atoms with Crippen LogP contribution in [0.4, 0.5) is 16.2 Å². The number of urea groups is 1. The molecule has 8 nitrogen and oxygen atoms in total. The Morgan fingerprint density at radius 3 is 2.35 bits per heavy atom. The molecule has 1 saturated heterocycles. The van der Waals surface area contributed by atoms with Crippen LogP contribution in [-0.2, 0) is 19.1 Å². The van der Waals surface area contributed by atoms with E-state index in [1.54, 1.807) is 16.7 Å². The molecule has 9 heteroatoms. The lowest BCUT2D eigenvalue weighted by Crippen LogP contribution is -2.54. The first-order chi connectivity index (χ1) is 16.4. The summed E-state index contributed by atoms with van der Waals surface area (Å²) in [5.41, 5.74) is 0.494. The van der Waals surface area contributed by atoms with Crippen molar-refractivity contribution in [1.82, 2.24) is 10.2 Å². The molecule has 4 amide bonds. The van der Waals surface area contributed by atoms with Crippen LogP contribution in [0, 0.1) is 5.92 Å². The van der Waals surface area contributed by atoms with Crippen LogP contribution in [0.3, 0.4) is 0 Å². The van der Waals surface area contributed by atoms with E-state index < -0.39 is 36.6 Å². The van der Waals surface area contributed by atoms with Crippen LogP contribution in [0.15, 0.2) is 58.3 Å². The number of carbonyl (C=O) groups is 4. The third kappa shape index (κ3) is 3.73. The van der Waals surface area contributed by atoms with Crippen LogP contribution in [0.1, 0.15) is 32.6 Å². The Balaban J connectivity index is 1.27. The summed E-state index contributed by atoms with van der Waals surface area (Å²) in [4.78, 5) is 55.6. The standard InChI is InChI=1S/C25H25N3O5S/c1-16-8-6-7-13-25(16)23(31)27(24(32)26-25)14-22(30)33-15-21(29)28-17-9-2-4-11-19(17)34-20-12-5-3-10-18(20)28/h2-5,9-12,16H,6-8,13-15H2,1H3,(H,26,32)/t16-,25-/m0/s1. The number of imide groups is 1. The zero-order valence-electron chi connectivity index (χ0n) is 18.8. The number of benzene rings is 2. The average Bonchev–Trinajstić information content (AvgIpc) is 3.07. The number of nitrogens with zero attached hydrogens (tertiary/aromatic N) is 2. The van der Waals surface area contributed by atoms with E-state index in [0.717, 1.165) is 45.3 Å². The predicted octanol–water partition coefficient (Wildman–Crippen LogP) is 3.86. The number of hydrogen-bond donors (Lipinski definition) is 1. The van der Waals surface area contributed by atoms with Crippen LogP contribution >= 0.6 is 11.8 Å². The number of para-hydroxylation sites is 2. The Hall–Kier alpha value is -3.33. The second kappa shape index (κ2) is 8.79. The van der Waals surface area contributed by atoms with Crippen molar-refractivity contribution in [2.75, 3.05) is 18.1 Å². The minimum atomic E-state index is -0.940. The van der Waals surface area contributed by atoms with E-state index in [4.69, 9.17) is 4.74 Å². The molecular formula is C25H25N3O5S. The number of esters is 1. The largest absolute Gasteiger partial charge is 0.454 e. The molecule has 0 radical (unpaired) electrons. The fourth-order valence-corrected chi connectivity index (χ4v) is 6.05. The van der Waals surface area contributed by atoms with E-state index in [9.17, 15) is 19.2 Å². The highest BCUT2D eigenvalue weighted by Crippen LogP contribution is 2.47. The number of hydrogen-bond acceptors (Lipinski definition) is 6. The highest BCUT2D eigenvalue weighted by Gasteiger charge is 2.55. The number of fused-ring (bicyclic) bond motifs is 2. The van der Waals surface area contributed by atoms with Crippen molar-refractivity contribution in [2.45, 2.75) is 47.9 Å². The fourth-order valence-electron chi connectivity index (χ4n) is 4.99. The van der Waals surface area contributed by atoms with Gasteiger partial charge in [-0.15, -0.1) is 0 Å². The highest BCUT2D eigenvalue weighted by molar-refractivity contribution is 7.99. The summed E-state index contributed by atoms with van der Waals surface area (Å²) in [6.45, 7) is 0.928. The maximum Gasteiger partial charge on any atom is 0.326 e. The number of carbonyl (C=O) groups excluding carboxylic acids is 4. The smallest absolute Gasteiger partial charge is 0.326 e. The van der Waals surface area contributed by atoms with Gasteiger partial charge >= 0.3 is 12.0 Å². The van der Waals surface area contributed by atoms with Crippen LogP contribution in [-0.4, -0.2) is 47.4 Å². The monoisotopic (exact) mass is 479 g/mol. The van der Waals surface area contributed by atoms with Gasteiger partial charge in [0.05, 0.1) is 11.4 Å². The van der Waals surface area contributed by atoms with E-state index >= 15 is 0 Å². The summed E-state index contributed by atoms with van der Waals surface area (Å²) in [5, 5.41) is 2.81. The van der Waals surface area contributed by atoms with Gasteiger partial charge in [-0.1, -0.05) is 55.8 Å². The van der Waals surface area contributed by atoms with Crippen molar-refractivity contribution in [3.8, 4) is 0 Å². The van der Waals surface area contributed by atoms with Gasteiger partial charge in [0.1, 0.15) is 12.1 Å². The quantitative estimate of drug-likeness (QED) is 0.529. The molecule has 176 valence electrons. The van der Waals surface area contributed by atoms with Gasteiger partial charge in [-0.25, -0.2) is 4.79 Å². The van der Waals surface area contributed by atoms with Gasteiger partial charge in [-0.05, 0) is 43.0 Å². The molecule has 2 aromatic carbocycles. The molecule has 1 spiro atoms. The average molecular weight is 480 g/mol. The lowest BCUT2D eigenvalue weighted by molar-refractivity contribution is -0.150. The van der Waals surface area contributed by atoms with Gasteiger partial charge in [-0.2, -0.15) is 0 Å². The zero-order valence-corrected chi connectivity index (χ0v) is 19.6. The van der Waals surface area contributed by atoms with Crippen LogP contribution in [0.2, 0.25) is 0 Å². The number of ether oxygens (including phenoxy) is 1. The molecule has 1 N–H and O–H groups in total. The number of nitrogens with one attached hydrogen (secondary N) is 1. The molecule has 0 unspecified atom stereocenters. The SMILES string of the molecule is C[C@H]1CCCC[C@]12NC(=O)N(CC(=O)OCC(=O)N1c3ccccc3Sc3ccccc31)C2=O. The fraction of sp³-hybridized carbons (Fsp3) is 0.360. The van der Waals surface area contributed by atoms with Gasteiger partial charge in [0.2, 0.25) is 0 Å². The van der Waals surface area contributed by atoms with Gasteiger partial charge < -0.3 is 10.1 Å². The van der Waals surface area contributed by atoms with Crippen molar-refractivity contribution < 1.29 is 23.9 Å². The Morgan fingerprint density at radius 2 is 1.71 bits per heavy atom. The summed E-state index contributed by atoms with van der Waals surface area (Å²) in [7, 11) is 0. The summed E-state index contributed by atoms with van der Waals surface area (Å²) < 4.78 is 5.24. The normalized spacial score (nSPS) is 23.4. The second-order valence-electron chi connectivity index (χ2n) is 8.87. The van der Waals surface area contributed by atoms with Crippen LogP contribution in [0.25, 0.3) is 0 Å². The Morgan fingerprint density at radius 1 is 1.06 bits per heavy atom. The van der Waals surface area contributed by atoms with E-state index in [1.165, 1.54) is 0 Å². The summed E-state index contributed by atoms with van der Waals surface area (Å²) in [6, 6.07) is 14.5. The highest BCUT2D eigenvalue weighted by atomic mass is 32.2. The Labute approximate surface area is 201 Å². The van der Waals surface area contributed by atoms with Crippen molar-refractivity contribution in [1.29, 1.82) is 0 Å². The van der Waals surface area contributed by atoms with Gasteiger partial charge in [0.25, 0.3) is 11.8 Å². The lowest BCUT2D eigenvalue weighted by atomic mass is 9.73. The minimum absolute atomic E-state index is 0.00240. The molecule has 2 atom stereocenters. The molecule has 0 aromatic heterocycles. The molecule has 5 rings (SSSR count). The van der Waals surface area contributed by atoms with E-state index in [0.29, 0.717) is 6.42 Å². The molecule has 2 aliphatic heterocycles. The van der Waals surface area contributed by atoms with Gasteiger partial charge in [0, 0.05) is 9.79 Å².